The smallest absolute Gasteiger partial charge is 0.328 e. The number of amides is 1. The van der Waals surface area contributed by atoms with Crippen molar-refractivity contribution in [2.24, 2.45) is 0 Å². The molecule has 1 amide bonds. The van der Waals surface area contributed by atoms with E-state index in [2.05, 4.69) is 26.0 Å². The van der Waals surface area contributed by atoms with Crippen molar-refractivity contribution < 1.29 is 27.9 Å². The van der Waals surface area contributed by atoms with E-state index in [0.717, 1.165) is 4.47 Å². The minimum Gasteiger partial charge on any atom is -0.480 e. The van der Waals surface area contributed by atoms with Crippen LogP contribution >= 0.6 is 15.9 Å². The number of methoxy groups -OCH3 is 1. The summed E-state index contributed by atoms with van der Waals surface area (Å²) in [5.41, 5.74) is 0.544. The normalized spacial score (nSPS) is 12.6. The van der Waals surface area contributed by atoms with Crippen LogP contribution in [0.3, 0.4) is 0 Å². The predicted molar refractivity (Wildman–Crippen MR) is 83.1 cm³/mol. The molecule has 122 valence electrons. The van der Waals surface area contributed by atoms with Crippen LogP contribution in [0.15, 0.2) is 28.7 Å². The lowest BCUT2D eigenvalue weighted by atomic mass is 10.2. The van der Waals surface area contributed by atoms with E-state index >= 15 is 0 Å². The molecule has 0 fully saturated rings. The highest BCUT2D eigenvalue weighted by atomic mass is 79.9. The molecule has 9 heteroatoms. The third-order valence-corrected chi connectivity index (χ3v) is 4.62. The van der Waals surface area contributed by atoms with Gasteiger partial charge < -0.3 is 15.2 Å². The first-order chi connectivity index (χ1) is 10.2. The zero-order valence-corrected chi connectivity index (χ0v) is 14.2. The third-order valence-electron chi connectivity index (χ3n) is 2.62. The second-order valence-corrected chi connectivity index (χ2v) is 7.55. The van der Waals surface area contributed by atoms with Crippen LogP contribution < -0.4 is 5.32 Å². The highest BCUT2D eigenvalue weighted by Gasteiger charge is 2.23. The molecule has 0 heterocycles. The summed E-state index contributed by atoms with van der Waals surface area (Å²) in [6, 6.07) is 5.38. The van der Waals surface area contributed by atoms with Gasteiger partial charge in [-0.05, 0) is 17.7 Å². The minimum atomic E-state index is -3.69. The van der Waals surface area contributed by atoms with Gasteiger partial charge in [0.1, 0.15) is 5.75 Å². The Kier molecular flexibility index (Phi) is 6.98. The number of rotatable bonds is 8. The van der Waals surface area contributed by atoms with Crippen LogP contribution in [0.1, 0.15) is 5.56 Å². The van der Waals surface area contributed by atoms with Crippen molar-refractivity contribution in [1.29, 1.82) is 0 Å². The van der Waals surface area contributed by atoms with E-state index in [-0.39, 0.29) is 12.4 Å². The number of carboxylic acids is 1. The van der Waals surface area contributed by atoms with E-state index in [1.165, 1.54) is 7.11 Å². The monoisotopic (exact) mass is 393 g/mol. The van der Waals surface area contributed by atoms with E-state index in [9.17, 15) is 18.0 Å². The van der Waals surface area contributed by atoms with Crippen molar-refractivity contribution >= 4 is 37.6 Å². The largest absolute Gasteiger partial charge is 0.480 e. The molecule has 2 N–H and O–H groups in total. The van der Waals surface area contributed by atoms with E-state index in [4.69, 9.17) is 5.11 Å². The van der Waals surface area contributed by atoms with Gasteiger partial charge in [-0.1, -0.05) is 28.1 Å². The predicted octanol–water partition coefficient (Wildman–Crippen LogP) is 0.580. The number of carbonyl (C=O) groups excluding carboxylic acids is 1. The number of ether oxygens (including phenoxy) is 1. The molecule has 1 atom stereocenters. The van der Waals surface area contributed by atoms with Crippen molar-refractivity contribution in [2.45, 2.75) is 11.8 Å². The highest BCUT2D eigenvalue weighted by molar-refractivity contribution is 9.10. The fourth-order valence-corrected chi connectivity index (χ4v) is 3.21. The molecule has 1 aromatic rings. The number of sulfone groups is 1. The molecule has 1 aromatic carbocycles. The Morgan fingerprint density at radius 2 is 1.91 bits per heavy atom. The van der Waals surface area contributed by atoms with Gasteiger partial charge in [0.2, 0.25) is 5.91 Å². The average molecular weight is 394 g/mol. The summed E-state index contributed by atoms with van der Waals surface area (Å²) in [4.78, 5) is 22.5. The molecule has 0 aliphatic rings. The zero-order chi connectivity index (χ0) is 16.8. The van der Waals surface area contributed by atoms with E-state index in [1.807, 2.05) is 0 Å². The number of hydrogen-bond donors (Lipinski definition) is 2. The van der Waals surface area contributed by atoms with Gasteiger partial charge in [-0.25, -0.2) is 13.2 Å². The fourth-order valence-electron chi connectivity index (χ4n) is 1.66. The molecule has 0 spiro atoms. The summed E-state index contributed by atoms with van der Waals surface area (Å²) in [5, 5.41) is 11.0. The molecule has 0 aliphatic heterocycles. The molecule has 1 rings (SSSR count). The van der Waals surface area contributed by atoms with Gasteiger partial charge >= 0.3 is 5.97 Å². The number of carbonyl (C=O) groups is 2. The first-order valence-electron chi connectivity index (χ1n) is 6.19. The van der Waals surface area contributed by atoms with Crippen LogP contribution in [0, 0.1) is 0 Å². The average Bonchev–Trinajstić information content (AvgIpc) is 2.39. The maximum absolute atomic E-state index is 12.0. The summed E-state index contributed by atoms with van der Waals surface area (Å²) in [7, 11) is -2.41. The lowest BCUT2D eigenvalue weighted by molar-refractivity contribution is -0.143. The van der Waals surface area contributed by atoms with Crippen LogP contribution in [0.25, 0.3) is 0 Å². The molecule has 0 saturated carbocycles. The van der Waals surface area contributed by atoms with Crippen molar-refractivity contribution in [3.63, 3.8) is 0 Å². The second kappa shape index (κ2) is 8.25. The number of benzene rings is 1. The lowest BCUT2D eigenvalue weighted by Crippen LogP contribution is -2.46. The van der Waals surface area contributed by atoms with Gasteiger partial charge in [0.25, 0.3) is 0 Å². The Labute approximate surface area is 136 Å². The van der Waals surface area contributed by atoms with Crippen LogP contribution in [0.2, 0.25) is 0 Å². The molecular formula is C13H16BrNO6S. The second-order valence-electron chi connectivity index (χ2n) is 4.57. The Balaban J connectivity index is 2.65. The lowest BCUT2D eigenvalue weighted by Gasteiger charge is -2.13. The van der Waals surface area contributed by atoms with E-state index < -0.39 is 33.5 Å². The van der Waals surface area contributed by atoms with Gasteiger partial charge in [-0.2, -0.15) is 0 Å². The van der Waals surface area contributed by atoms with Gasteiger partial charge in [0.05, 0.1) is 12.4 Å². The van der Waals surface area contributed by atoms with Crippen LogP contribution in [0.5, 0.6) is 0 Å². The maximum Gasteiger partial charge on any atom is 0.328 e. The quantitative estimate of drug-likeness (QED) is 0.668. The van der Waals surface area contributed by atoms with Gasteiger partial charge in [-0.15, -0.1) is 0 Å². The molecular weight excluding hydrogens is 378 g/mol. The SMILES string of the molecule is COCC(NC(=O)CS(=O)(=O)Cc1ccc(Br)cc1)C(=O)O. The fraction of sp³-hybridized carbons (Fsp3) is 0.385. The number of halogens is 1. The Bertz CT molecular complexity index is 628. The van der Waals surface area contributed by atoms with Crippen molar-refractivity contribution in [3.05, 3.63) is 34.3 Å². The summed E-state index contributed by atoms with van der Waals surface area (Å²) < 4.78 is 29.4. The first kappa shape index (κ1) is 18.6. The van der Waals surface area contributed by atoms with Crippen LogP contribution in [0.4, 0.5) is 0 Å². The maximum atomic E-state index is 12.0. The Morgan fingerprint density at radius 1 is 1.32 bits per heavy atom. The molecule has 0 radical (unpaired) electrons. The number of aliphatic carboxylic acids is 1. The Morgan fingerprint density at radius 3 is 2.41 bits per heavy atom. The van der Waals surface area contributed by atoms with E-state index in [1.54, 1.807) is 24.3 Å². The summed E-state index contributed by atoms with van der Waals surface area (Å²) in [5.74, 6) is -3.24. The summed E-state index contributed by atoms with van der Waals surface area (Å²) in [6.07, 6.45) is 0. The van der Waals surface area contributed by atoms with Crippen LogP contribution in [-0.4, -0.2) is 50.9 Å². The summed E-state index contributed by atoms with van der Waals surface area (Å²) >= 11 is 3.24. The molecule has 0 bridgehead atoms. The van der Waals surface area contributed by atoms with Crippen LogP contribution in [-0.2, 0) is 29.9 Å². The molecule has 7 nitrogen and oxygen atoms in total. The molecule has 22 heavy (non-hydrogen) atoms. The minimum absolute atomic E-state index is 0.242. The standard InChI is InChI=1S/C13H16BrNO6S/c1-21-6-11(13(17)18)15-12(16)8-22(19,20)7-9-2-4-10(14)5-3-9/h2-5,11H,6-8H2,1H3,(H,15,16)(H,17,18). The van der Waals surface area contributed by atoms with Crippen molar-refractivity contribution in [3.8, 4) is 0 Å². The third kappa shape index (κ3) is 6.54. The zero-order valence-electron chi connectivity index (χ0n) is 11.8. The Hall–Kier alpha value is -1.45. The molecule has 0 saturated heterocycles. The van der Waals surface area contributed by atoms with Crippen molar-refractivity contribution in [2.75, 3.05) is 19.5 Å². The molecule has 0 aromatic heterocycles. The molecule has 0 aliphatic carbocycles. The summed E-state index contributed by atoms with van der Waals surface area (Å²) in [6.45, 7) is -0.242. The number of nitrogens with one attached hydrogen (secondary N) is 1. The molecule has 1 unspecified atom stereocenters. The van der Waals surface area contributed by atoms with Gasteiger partial charge in [0.15, 0.2) is 15.9 Å². The highest BCUT2D eigenvalue weighted by Crippen LogP contribution is 2.13. The van der Waals surface area contributed by atoms with Gasteiger partial charge in [-0.3, -0.25) is 4.79 Å². The van der Waals surface area contributed by atoms with Crippen molar-refractivity contribution in [1.82, 2.24) is 5.32 Å². The van der Waals surface area contributed by atoms with Gasteiger partial charge in [0, 0.05) is 11.6 Å². The van der Waals surface area contributed by atoms with E-state index in [0.29, 0.717) is 5.56 Å². The number of carboxylic acid groups (broad SMARTS) is 1. The number of hydrogen-bond acceptors (Lipinski definition) is 5. The topological polar surface area (TPSA) is 110 Å². The first-order valence-corrected chi connectivity index (χ1v) is 8.81.